The first-order valence-electron chi connectivity index (χ1n) is 8.51. The molecule has 7 heteroatoms. The Labute approximate surface area is 148 Å². The first-order chi connectivity index (χ1) is 12.0. The van der Waals surface area contributed by atoms with E-state index in [0.717, 1.165) is 13.1 Å². The minimum atomic E-state index is -0.362. The first kappa shape index (κ1) is 19.0. The van der Waals surface area contributed by atoms with Crippen LogP contribution in [0.15, 0.2) is 18.2 Å². The fourth-order valence-corrected chi connectivity index (χ4v) is 2.75. The van der Waals surface area contributed by atoms with Gasteiger partial charge in [-0.25, -0.2) is 0 Å². The zero-order valence-electron chi connectivity index (χ0n) is 14.8. The maximum absolute atomic E-state index is 12.3. The SMILES string of the molecule is CCOc1cc(C#N)ccc1OCC(=O)N1CCN(CC(C)O)CC1. The van der Waals surface area contributed by atoms with Gasteiger partial charge in [0.2, 0.25) is 0 Å². The molecular formula is C18H25N3O4. The molecule has 1 heterocycles. The topological polar surface area (TPSA) is 86.0 Å². The van der Waals surface area contributed by atoms with Crippen LogP contribution in [-0.2, 0) is 4.79 Å². The molecule has 2 rings (SSSR count). The number of rotatable bonds is 7. The van der Waals surface area contributed by atoms with Crippen molar-refractivity contribution in [1.29, 1.82) is 5.26 Å². The van der Waals surface area contributed by atoms with Gasteiger partial charge in [0.1, 0.15) is 0 Å². The number of amides is 1. The monoisotopic (exact) mass is 347 g/mol. The Morgan fingerprint density at radius 1 is 1.28 bits per heavy atom. The quantitative estimate of drug-likeness (QED) is 0.787. The fourth-order valence-electron chi connectivity index (χ4n) is 2.75. The van der Waals surface area contributed by atoms with E-state index in [1.807, 2.05) is 6.92 Å². The third-order valence-electron chi connectivity index (χ3n) is 3.97. The third-order valence-corrected chi connectivity index (χ3v) is 3.97. The van der Waals surface area contributed by atoms with Gasteiger partial charge in [-0.05, 0) is 26.0 Å². The molecule has 1 aromatic carbocycles. The Balaban J connectivity index is 1.87. The molecule has 25 heavy (non-hydrogen) atoms. The number of carbonyl (C=O) groups is 1. The second-order valence-electron chi connectivity index (χ2n) is 6.03. The number of β-amino-alcohol motifs (C(OH)–C–C–N with tert-alkyl or cyclic N) is 1. The van der Waals surface area contributed by atoms with Gasteiger partial charge in [-0.3, -0.25) is 9.69 Å². The molecule has 1 aromatic rings. The number of carbonyl (C=O) groups excluding carboxylic acids is 1. The van der Waals surface area contributed by atoms with Crippen molar-refractivity contribution >= 4 is 5.91 Å². The molecule has 0 bridgehead atoms. The van der Waals surface area contributed by atoms with E-state index in [2.05, 4.69) is 11.0 Å². The minimum absolute atomic E-state index is 0.0671. The van der Waals surface area contributed by atoms with Crippen molar-refractivity contribution < 1.29 is 19.4 Å². The summed E-state index contributed by atoms with van der Waals surface area (Å²) < 4.78 is 11.1. The van der Waals surface area contributed by atoms with Crippen molar-refractivity contribution in [2.24, 2.45) is 0 Å². The normalized spacial score (nSPS) is 16.2. The highest BCUT2D eigenvalue weighted by atomic mass is 16.5. The standard InChI is InChI=1S/C18H25N3O4/c1-3-24-17-10-15(11-19)4-5-16(17)25-13-18(23)21-8-6-20(7-9-21)12-14(2)22/h4-5,10,14,22H,3,6-9,12-13H2,1-2H3. The van der Waals surface area contributed by atoms with E-state index in [1.165, 1.54) is 0 Å². The van der Waals surface area contributed by atoms with Crippen molar-refractivity contribution in [3.8, 4) is 17.6 Å². The van der Waals surface area contributed by atoms with Crippen LogP contribution in [0, 0.1) is 11.3 Å². The molecule has 1 atom stereocenters. The van der Waals surface area contributed by atoms with E-state index in [0.29, 0.717) is 43.3 Å². The van der Waals surface area contributed by atoms with Crippen molar-refractivity contribution in [2.75, 3.05) is 45.9 Å². The molecule has 1 amide bonds. The molecular weight excluding hydrogens is 322 g/mol. The largest absolute Gasteiger partial charge is 0.490 e. The van der Waals surface area contributed by atoms with E-state index in [4.69, 9.17) is 14.7 Å². The molecule has 1 N–H and O–H groups in total. The smallest absolute Gasteiger partial charge is 0.260 e. The van der Waals surface area contributed by atoms with Crippen molar-refractivity contribution in [1.82, 2.24) is 9.80 Å². The van der Waals surface area contributed by atoms with E-state index in [9.17, 15) is 9.90 Å². The molecule has 1 unspecified atom stereocenters. The van der Waals surface area contributed by atoms with Crippen LogP contribution < -0.4 is 9.47 Å². The molecule has 0 spiro atoms. The van der Waals surface area contributed by atoms with Crippen molar-refractivity contribution in [3.05, 3.63) is 23.8 Å². The summed E-state index contributed by atoms with van der Waals surface area (Å²) in [6.45, 7) is 7.37. The highest BCUT2D eigenvalue weighted by Gasteiger charge is 2.22. The van der Waals surface area contributed by atoms with Crippen LogP contribution in [-0.4, -0.2) is 72.9 Å². The average molecular weight is 347 g/mol. The fraction of sp³-hybridized carbons (Fsp3) is 0.556. The highest BCUT2D eigenvalue weighted by molar-refractivity contribution is 5.78. The number of hydrogen-bond acceptors (Lipinski definition) is 6. The number of piperazine rings is 1. The Morgan fingerprint density at radius 3 is 2.60 bits per heavy atom. The van der Waals surface area contributed by atoms with E-state index < -0.39 is 0 Å². The Kier molecular flexibility index (Phi) is 7.04. The number of aliphatic hydroxyl groups is 1. The van der Waals surface area contributed by atoms with Crippen LogP contribution in [0.2, 0.25) is 0 Å². The number of hydrogen-bond donors (Lipinski definition) is 1. The number of nitrogens with zero attached hydrogens (tertiary/aromatic N) is 3. The summed E-state index contributed by atoms with van der Waals surface area (Å²) >= 11 is 0. The summed E-state index contributed by atoms with van der Waals surface area (Å²) in [5.74, 6) is 0.849. The molecule has 1 aliphatic rings. The molecule has 1 aliphatic heterocycles. The minimum Gasteiger partial charge on any atom is -0.490 e. The van der Waals surface area contributed by atoms with Gasteiger partial charge in [-0.2, -0.15) is 5.26 Å². The number of aliphatic hydroxyl groups excluding tert-OH is 1. The van der Waals surface area contributed by atoms with Gasteiger partial charge in [0.15, 0.2) is 18.1 Å². The lowest BCUT2D eigenvalue weighted by Crippen LogP contribution is -2.51. The van der Waals surface area contributed by atoms with Gasteiger partial charge in [0.05, 0.1) is 24.3 Å². The molecule has 0 aromatic heterocycles. The van der Waals surface area contributed by atoms with E-state index >= 15 is 0 Å². The highest BCUT2D eigenvalue weighted by Crippen LogP contribution is 2.28. The first-order valence-corrected chi connectivity index (χ1v) is 8.51. The van der Waals surface area contributed by atoms with Crippen LogP contribution in [0.5, 0.6) is 11.5 Å². The number of benzene rings is 1. The van der Waals surface area contributed by atoms with Gasteiger partial charge >= 0.3 is 0 Å². The van der Waals surface area contributed by atoms with Crippen LogP contribution in [0.4, 0.5) is 0 Å². The second kappa shape index (κ2) is 9.25. The second-order valence-corrected chi connectivity index (χ2v) is 6.03. The molecule has 0 radical (unpaired) electrons. The predicted octanol–water partition coefficient (Wildman–Crippen LogP) is 0.861. The van der Waals surface area contributed by atoms with Crippen molar-refractivity contribution in [2.45, 2.75) is 20.0 Å². The Hall–Kier alpha value is -2.30. The lowest BCUT2D eigenvalue weighted by molar-refractivity contribution is -0.135. The van der Waals surface area contributed by atoms with Gasteiger partial charge < -0.3 is 19.5 Å². The molecule has 1 saturated heterocycles. The summed E-state index contributed by atoms with van der Waals surface area (Å²) in [5.41, 5.74) is 0.483. The molecule has 0 aliphatic carbocycles. The summed E-state index contributed by atoms with van der Waals surface area (Å²) in [6.07, 6.45) is -0.362. The number of nitriles is 1. The summed E-state index contributed by atoms with van der Waals surface area (Å²) in [4.78, 5) is 16.2. The Bertz CT molecular complexity index is 619. The van der Waals surface area contributed by atoms with Crippen LogP contribution in [0.25, 0.3) is 0 Å². The Morgan fingerprint density at radius 2 is 2.00 bits per heavy atom. The lowest BCUT2D eigenvalue weighted by Gasteiger charge is -2.35. The van der Waals surface area contributed by atoms with Crippen LogP contribution >= 0.6 is 0 Å². The maximum atomic E-state index is 12.3. The lowest BCUT2D eigenvalue weighted by atomic mass is 10.2. The number of ether oxygens (including phenoxy) is 2. The average Bonchev–Trinajstić information content (AvgIpc) is 2.60. The van der Waals surface area contributed by atoms with E-state index in [1.54, 1.807) is 30.0 Å². The van der Waals surface area contributed by atoms with Crippen LogP contribution in [0.3, 0.4) is 0 Å². The molecule has 136 valence electrons. The molecule has 1 fully saturated rings. The zero-order chi connectivity index (χ0) is 18.2. The van der Waals surface area contributed by atoms with Crippen LogP contribution in [0.1, 0.15) is 19.4 Å². The van der Waals surface area contributed by atoms with Gasteiger partial charge in [-0.15, -0.1) is 0 Å². The predicted molar refractivity (Wildman–Crippen MR) is 92.5 cm³/mol. The van der Waals surface area contributed by atoms with Crippen molar-refractivity contribution in [3.63, 3.8) is 0 Å². The molecule has 0 saturated carbocycles. The molecule has 7 nitrogen and oxygen atoms in total. The summed E-state index contributed by atoms with van der Waals surface area (Å²) in [6, 6.07) is 6.95. The van der Waals surface area contributed by atoms with Gasteiger partial charge in [-0.1, -0.05) is 0 Å². The van der Waals surface area contributed by atoms with E-state index in [-0.39, 0.29) is 18.6 Å². The summed E-state index contributed by atoms with van der Waals surface area (Å²) in [5, 5.41) is 18.4. The zero-order valence-corrected chi connectivity index (χ0v) is 14.8. The van der Waals surface area contributed by atoms with Gasteiger partial charge in [0.25, 0.3) is 5.91 Å². The maximum Gasteiger partial charge on any atom is 0.260 e. The van der Waals surface area contributed by atoms with Gasteiger partial charge in [0, 0.05) is 38.8 Å². The third kappa shape index (κ3) is 5.62. The summed E-state index contributed by atoms with van der Waals surface area (Å²) in [7, 11) is 0.